The first kappa shape index (κ1) is 22.2. The van der Waals surface area contributed by atoms with E-state index in [2.05, 4.69) is 20.9 Å². The average Bonchev–Trinajstić information content (AvgIpc) is 2.77. The largest absolute Gasteiger partial charge is 0.510 e. The maximum atomic E-state index is 12.7. The lowest BCUT2D eigenvalue weighted by Gasteiger charge is -2.35. The molecular formula is C23H30N4O3. The Morgan fingerprint density at radius 2 is 1.83 bits per heavy atom. The first-order valence-electron chi connectivity index (χ1n) is 10.5. The van der Waals surface area contributed by atoms with Gasteiger partial charge in [0.2, 0.25) is 0 Å². The molecule has 1 aromatic rings. The molecule has 2 aliphatic rings. The van der Waals surface area contributed by atoms with Gasteiger partial charge in [-0.3, -0.25) is 19.6 Å². The smallest absolute Gasteiger partial charge is 0.168 e. The first-order chi connectivity index (χ1) is 14.5. The van der Waals surface area contributed by atoms with E-state index in [-0.39, 0.29) is 36.1 Å². The molecule has 2 atom stereocenters. The number of carbonyl (C=O) groups excluding carboxylic acids is 1. The van der Waals surface area contributed by atoms with Crippen LogP contribution in [0.15, 0.2) is 46.7 Å². The van der Waals surface area contributed by atoms with Gasteiger partial charge in [-0.05, 0) is 12.5 Å². The van der Waals surface area contributed by atoms with Gasteiger partial charge in [0, 0.05) is 57.8 Å². The minimum atomic E-state index is -1.17. The van der Waals surface area contributed by atoms with Crippen LogP contribution < -0.4 is 0 Å². The van der Waals surface area contributed by atoms with Gasteiger partial charge in [-0.25, -0.2) is 0 Å². The fourth-order valence-corrected chi connectivity index (χ4v) is 4.21. The molecule has 1 aromatic carbocycles. The van der Waals surface area contributed by atoms with Gasteiger partial charge in [0.25, 0.3) is 0 Å². The van der Waals surface area contributed by atoms with E-state index >= 15 is 0 Å². The number of nitriles is 1. The lowest BCUT2D eigenvalue weighted by molar-refractivity contribution is -0.116. The van der Waals surface area contributed by atoms with Gasteiger partial charge in [-0.1, -0.05) is 30.3 Å². The molecule has 1 aliphatic carbocycles. The van der Waals surface area contributed by atoms with Crippen molar-refractivity contribution in [2.75, 3.05) is 52.4 Å². The number of aliphatic hydroxyl groups excluding tert-OH is 2. The number of rotatable bonds is 7. The van der Waals surface area contributed by atoms with E-state index in [1.165, 1.54) is 6.21 Å². The van der Waals surface area contributed by atoms with E-state index < -0.39 is 5.41 Å². The second-order valence-electron chi connectivity index (χ2n) is 8.11. The number of Topliss-reactive ketones (excluding diaryl/α,β-unsaturated/α-hetero) is 1. The molecule has 1 saturated heterocycles. The Balaban J connectivity index is 1.65. The molecule has 7 nitrogen and oxygen atoms in total. The topological polar surface area (TPSA) is 100 Å². The van der Waals surface area contributed by atoms with Crippen molar-refractivity contribution in [3.05, 3.63) is 47.2 Å². The van der Waals surface area contributed by atoms with E-state index in [1.807, 2.05) is 30.3 Å². The predicted octanol–water partition coefficient (Wildman–Crippen LogP) is 1.77. The van der Waals surface area contributed by atoms with Crippen LogP contribution in [0.25, 0.3) is 0 Å². The van der Waals surface area contributed by atoms with Crippen molar-refractivity contribution in [3.63, 3.8) is 0 Å². The molecule has 160 valence electrons. The van der Waals surface area contributed by atoms with Crippen molar-refractivity contribution < 1.29 is 15.0 Å². The number of hydrogen-bond donors (Lipinski definition) is 2. The van der Waals surface area contributed by atoms with Crippen LogP contribution in [0.5, 0.6) is 0 Å². The molecule has 7 heteroatoms. The highest BCUT2D eigenvalue weighted by Gasteiger charge is 2.46. The Morgan fingerprint density at radius 3 is 2.43 bits per heavy atom. The number of benzene rings is 1. The molecule has 0 aromatic heterocycles. The Morgan fingerprint density at radius 1 is 1.20 bits per heavy atom. The molecule has 3 rings (SSSR count). The maximum absolute atomic E-state index is 12.7. The predicted molar refractivity (Wildman–Crippen MR) is 116 cm³/mol. The zero-order valence-electron chi connectivity index (χ0n) is 17.5. The van der Waals surface area contributed by atoms with Crippen LogP contribution in [0.4, 0.5) is 0 Å². The molecule has 0 saturated carbocycles. The summed E-state index contributed by atoms with van der Waals surface area (Å²) >= 11 is 0. The van der Waals surface area contributed by atoms with Crippen LogP contribution in [0.1, 0.15) is 24.8 Å². The van der Waals surface area contributed by atoms with Crippen LogP contribution in [0.2, 0.25) is 0 Å². The molecule has 2 N–H and O–H groups in total. The summed E-state index contributed by atoms with van der Waals surface area (Å²) in [5.41, 5.74) is -0.142. The van der Waals surface area contributed by atoms with Crippen LogP contribution in [0, 0.1) is 16.7 Å². The van der Waals surface area contributed by atoms with E-state index in [4.69, 9.17) is 5.11 Å². The molecule has 2 unspecified atom stereocenters. The van der Waals surface area contributed by atoms with Crippen LogP contribution in [0.3, 0.4) is 0 Å². The molecule has 1 aliphatic heterocycles. The second kappa shape index (κ2) is 9.98. The number of carbonyl (C=O) groups is 1. The minimum Gasteiger partial charge on any atom is -0.510 e. The van der Waals surface area contributed by atoms with Crippen LogP contribution in [-0.4, -0.2) is 84.4 Å². The van der Waals surface area contributed by atoms with Crippen LogP contribution >= 0.6 is 0 Å². The summed E-state index contributed by atoms with van der Waals surface area (Å²) < 4.78 is 0. The number of aliphatic hydroxyl groups is 2. The third-order valence-corrected chi connectivity index (χ3v) is 6.21. The fraction of sp³-hybridized carbons (Fsp3) is 0.522. The lowest BCUT2D eigenvalue weighted by atomic mass is 9.66. The third kappa shape index (κ3) is 4.78. The van der Waals surface area contributed by atoms with Crippen LogP contribution in [-0.2, 0) is 4.79 Å². The van der Waals surface area contributed by atoms with Gasteiger partial charge in [-0.2, -0.15) is 5.26 Å². The molecule has 0 spiro atoms. The lowest BCUT2D eigenvalue weighted by Crippen LogP contribution is -2.47. The molecule has 1 heterocycles. The highest BCUT2D eigenvalue weighted by Crippen LogP contribution is 2.47. The number of β-amino-alcohol motifs (C(OH)–C–C–N with tert-alkyl or cyclic N) is 1. The number of ketones is 1. The Kier molecular flexibility index (Phi) is 7.38. The zero-order chi connectivity index (χ0) is 21.6. The summed E-state index contributed by atoms with van der Waals surface area (Å²) in [5, 5.41) is 29.7. The van der Waals surface area contributed by atoms with E-state index in [9.17, 15) is 15.2 Å². The van der Waals surface area contributed by atoms with E-state index in [1.54, 1.807) is 6.92 Å². The van der Waals surface area contributed by atoms with Gasteiger partial charge in [-0.15, -0.1) is 0 Å². The summed E-state index contributed by atoms with van der Waals surface area (Å²) in [5.74, 6) is -0.754. The quantitative estimate of drug-likeness (QED) is 0.665. The van der Waals surface area contributed by atoms with Gasteiger partial charge in [0.15, 0.2) is 5.78 Å². The SMILES string of the molecule is CC1(C#N)C(O)=C(C=NCCN2CCN(CCO)CC2)C(=O)CC1c1ccccc1. The van der Waals surface area contributed by atoms with Crippen molar-refractivity contribution >= 4 is 12.0 Å². The minimum absolute atomic E-state index is 0.152. The molecular weight excluding hydrogens is 380 g/mol. The molecule has 0 radical (unpaired) electrons. The van der Waals surface area contributed by atoms with Crippen molar-refractivity contribution in [2.45, 2.75) is 19.3 Å². The highest BCUT2D eigenvalue weighted by atomic mass is 16.3. The normalized spacial score (nSPS) is 26.3. The van der Waals surface area contributed by atoms with Crippen molar-refractivity contribution in [1.82, 2.24) is 9.80 Å². The molecule has 30 heavy (non-hydrogen) atoms. The summed E-state index contributed by atoms with van der Waals surface area (Å²) in [6.07, 6.45) is 1.61. The molecule has 0 amide bonds. The van der Waals surface area contributed by atoms with E-state index in [0.717, 1.165) is 38.3 Å². The van der Waals surface area contributed by atoms with Crippen molar-refractivity contribution in [2.24, 2.45) is 10.4 Å². The molecule has 0 bridgehead atoms. The van der Waals surface area contributed by atoms with Crippen molar-refractivity contribution in [3.8, 4) is 6.07 Å². The first-order valence-corrected chi connectivity index (χ1v) is 10.5. The summed E-state index contributed by atoms with van der Waals surface area (Å²) in [6, 6.07) is 11.6. The number of hydrogen-bond acceptors (Lipinski definition) is 7. The van der Waals surface area contributed by atoms with Gasteiger partial charge in [0.05, 0.1) is 24.8 Å². The Labute approximate surface area is 177 Å². The number of piperazine rings is 1. The number of allylic oxidation sites excluding steroid dienone is 2. The highest BCUT2D eigenvalue weighted by molar-refractivity contribution is 6.15. The average molecular weight is 411 g/mol. The number of nitrogens with zero attached hydrogens (tertiary/aromatic N) is 4. The van der Waals surface area contributed by atoms with Crippen molar-refractivity contribution in [1.29, 1.82) is 5.26 Å². The number of aliphatic imine (C=N–C) groups is 1. The third-order valence-electron chi connectivity index (χ3n) is 6.21. The Hall–Kier alpha value is -2.53. The maximum Gasteiger partial charge on any atom is 0.168 e. The molecule has 1 fully saturated rings. The monoisotopic (exact) mass is 410 g/mol. The Bertz CT molecular complexity index is 838. The summed E-state index contributed by atoms with van der Waals surface area (Å²) in [7, 11) is 0. The standard InChI is InChI=1S/C23H30N4O3/c1-23(17-24)20(18-5-3-2-4-6-18)15-21(29)19(22(23)30)16-25-7-8-26-9-11-27(12-10-26)13-14-28/h2-6,16,20,28,30H,7-15H2,1H3. The van der Waals surface area contributed by atoms with Gasteiger partial charge in [0.1, 0.15) is 11.2 Å². The summed E-state index contributed by atoms with van der Waals surface area (Å²) in [6.45, 7) is 7.58. The van der Waals surface area contributed by atoms with E-state index in [0.29, 0.717) is 13.1 Å². The van der Waals surface area contributed by atoms with Gasteiger partial charge >= 0.3 is 0 Å². The fourth-order valence-electron chi connectivity index (χ4n) is 4.21. The second-order valence-corrected chi connectivity index (χ2v) is 8.11. The van der Waals surface area contributed by atoms with Gasteiger partial charge < -0.3 is 10.2 Å². The summed E-state index contributed by atoms with van der Waals surface area (Å²) in [4.78, 5) is 21.6. The zero-order valence-corrected chi connectivity index (χ0v) is 17.5.